The Morgan fingerprint density at radius 3 is 2.59 bits per heavy atom. The van der Waals surface area contributed by atoms with Crippen molar-refractivity contribution >= 4 is 23.2 Å². The van der Waals surface area contributed by atoms with Crippen molar-refractivity contribution in [3.05, 3.63) is 71.0 Å². The highest BCUT2D eigenvalue weighted by molar-refractivity contribution is 5.96. The summed E-state index contributed by atoms with van der Waals surface area (Å²) in [6.07, 6.45) is 1.07. The quantitative estimate of drug-likeness (QED) is 0.743. The van der Waals surface area contributed by atoms with E-state index in [2.05, 4.69) is 10.4 Å². The van der Waals surface area contributed by atoms with Gasteiger partial charge in [0.25, 0.3) is 0 Å². The maximum absolute atomic E-state index is 12.7. The van der Waals surface area contributed by atoms with Crippen LogP contribution in [0, 0.1) is 13.8 Å². The van der Waals surface area contributed by atoms with Crippen molar-refractivity contribution in [2.45, 2.75) is 33.6 Å². The third kappa shape index (κ3) is 3.66. The monoisotopic (exact) mass is 388 g/mol. The molecule has 0 atom stereocenters. The number of aromatic nitrogens is 2. The van der Waals surface area contributed by atoms with Gasteiger partial charge >= 0.3 is 0 Å². The van der Waals surface area contributed by atoms with E-state index in [1.54, 1.807) is 11.8 Å². The number of nitrogens with one attached hydrogen (secondary N) is 1. The molecular formula is C23H24N4O2. The highest BCUT2D eigenvalue weighted by Crippen LogP contribution is 2.30. The molecular weight excluding hydrogens is 364 g/mol. The van der Waals surface area contributed by atoms with Gasteiger partial charge < -0.3 is 10.2 Å². The maximum Gasteiger partial charge on any atom is 0.228 e. The van der Waals surface area contributed by atoms with Gasteiger partial charge in [0.15, 0.2) is 0 Å². The van der Waals surface area contributed by atoms with Gasteiger partial charge in [-0.25, -0.2) is 4.68 Å². The zero-order chi connectivity index (χ0) is 20.5. The van der Waals surface area contributed by atoms with E-state index in [0.717, 1.165) is 46.0 Å². The van der Waals surface area contributed by atoms with Crippen LogP contribution in [0.2, 0.25) is 0 Å². The Bertz CT molecular complexity index is 1090. The number of anilines is 2. The van der Waals surface area contributed by atoms with E-state index < -0.39 is 0 Å². The van der Waals surface area contributed by atoms with Crippen LogP contribution < -0.4 is 10.2 Å². The van der Waals surface area contributed by atoms with Gasteiger partial charge in [-0.15, -0.1) is 0 Å². The lowest BCUT2D eigenvalue weighted by Gasteiger charge is -2.15. The van der Waals surface area contributed by atoms with E-state index >= 15 is 0 Å². The summed E-state index contributed by atoms with van der Waals surface area (Å²) in [4.78, 5) is 26.2. The van der Waals surface area contributed by atoms with Gasteiger partial charge in [0.2, 0.25) is 11.8 Å². The highest BCUT2D eigenvalue weighted by atomic mass is 16.2. The number of para-hydroxylation sites is 1. The fourth-order valence-corrected chi connectivity index (χ4v) is 3.92. The first kappa shape index (κ1) is 18.9. The SMILES string of the molecule is CC(=O)N1CCc2cc(NC(=O)Cc3c(C)nn(-c4ccccc4)c3C)ccc21. The van der Waals surface area contributed by atoms with E-state index in [-0.39, 0.29) is 18.2 Å². The van der Waals surface area contributed by atoms with Crippen LogP contribution in [-0.2, 0) is 22.4 Å². The van der Waals surface area contributed by atoms with Crippen LogP contribution in [0.1, 0.15) is 29.4 Å². The molecule has 2 aromatic carbocycles. The molecule has 4 rings (SSSR count). The molecule has 6 nitrogen and oxygen atoms in total. The average Bonchev–Trinajstić information content (AvgIpc) is 3.24. The molecule has 2 heterocycles. The van der Waals surface area contributed by atoms with Crippen molar-refractivity contribution in [3.63, 3.8) is 0 Å². The molecule has 2 amide bonds. The van der Waals surface area contributed by atoms with Gasteiger partial charge in [-0.1, -0.05) is 18.2 Å². The Balaban J connectivity index is 1.50. The second-order valence-corrected chi connectivity index (χ2v) is 7.39. The fourth-order valence-electron chi connectivity index (χ4n) is 3.92. The zero-order valence-electron chi connectivity index (χ0n) is 16.9. The largest absolute Gasteiger partial charge is 0.326 e. The molecule has 6 heteroatoms. The molecule has 29 heavy (non-hydrogen) atoms. The van der Waals surface area contributed by atoms with Crippen LogP contribution in [0.25, 0.3) is 5.69 Å². The summed E-state index contributed by atoms with van der Waals surface area (Å²) >= 11 is 0. The number of hydrogen-bond acceptors (Lipinski definition) is 3. The third-order valence-electron chi connectivity index (χ3n) is 5.42. The first-order chi connectivity index (χ1) is 13.9. The molecule has 148 valence electrons. The van der Waals surface area contributed by atoms with Gasteiger partial charge in [-0.3, -0.25) is 9.59 Å². The van der Waals surface area contributed by atoms with Crippen molar-refractivity contribution in [2.75, 3.05) is 16.8 Å². The predicted molar refractivity (Wildman–Crippen MR) is 114 cm³/mol. The topological polar surface area (TPSA) is 67.2 Å². The number of hydrogen-bond donors (Lipinski definition) is 1. The Kier molecular flexibility index (Phi) is 4.92. The van der Waals surface area contributed by atoms with Gasteiger partial charge in [-0.2, -0.15) is 5.10 Å². The molecule has 1 aromatic heterocycles. The summed E-state index contributed by atoms with van der Waals surface area (Å²) in [5, 5.41) is 7.60. The maximum atomic E-state index is 12.7. The minimum absolute atomic E-state index is 0.0434. The predicted octanol–water partition coefficient (Wildman–Crippen LogP) is 3.58. The minimum Gasteiger partial charge on any atom is -0.326 e. The zero-order valence-corrected chi connectivity index (χ0v) is 16.9. The smallest absolute Gasteiger partial charge is 0.228 e. The molecule has 0 bridgehead atoms. The molecule has 1 aliphatic rings. The van der Waals surface area contributed by atoms with Gasteiger partial charge in [-0.05, 0) is 56.2 Å². The van der Waals surface area contributed by atoms with Crippen LogP contribution in [-0.4, -0.2) is 28.1 Å². The van der Waals surface area contributed by atoms with Crippen LogP contribution in [0.15, 0.2) is 48.5 Å². The summed E-state index contributed by atoms with van der Waals surface area (Å²) in [7, 11) is 0. The molecule has 1 aliphatic heterocycles. The summed E-state index contributed by atoms with van der Waals surface area (Å²) in [6.45, 7) is 6.19. The number of nitrogens with zero attached hydrogens (tertiary/aromatic N) is 3. The molecule has 3 aromatic rings. The van der Waals surface area contributed by atoms with Gasteiger partial charge in [0, 0.05) is 36.1 Å². The Hall–Kier alpha value is -3.41. The van der Waals surface area contributed by atoms with Crippen LogP contribution >= 0.6 is 0 Å². The van der Waals surface area contributed by atoms with Crippen molar-refractivity contribution < 1.29 is 9.59 Å². The number of amides is 2. The molecule has 0 saturated carbocycles. The fraction of sp³-hybridized carbons (Fsp3) is 0.261. The molecule has 0 spiro atoms. The minimum atomic E-state index is -0.0785. The van der Waals surface area contributed by atoms with Gasteiger partial charge in [0.1, 0.15) is 0 Å². The second kappa shape index (κ2) is 7.54. The lowest BCUT2D eigenvalue weighted by molar-refractivity contribution is -0.117. The lowest BCUT2D eigenvalue weighted by Crippen LogP contribution is -2.25. The van der Waals surface area contributed by atoms with Crippen molar-refractivity contribution in [1.82, 2.24) is 9.78 Å². The summed E-state index contributed by atoms with van der Waals surface area (Å²) in [5.74, 6) is -0.0351. The summed E-state index contributed by atoms with van der Waals surface area (Å²) in [5.41, 5.74) is 6.52. The van der Waals surface area contributed by atoms with Crippen LogP contribution in [0.5, 0.6) is 0 Å². The third-order valence-corrected chi connectivity index (χ3v) is 5.42. The van der Waals surface area contributed by atoms with Crippen molar-refractivity contribution in [2.24, 2.45) is 0 Å². The number of fused-ring (bicyclic) bond motifs is 1. The highest BCUT2D eigenvalue weighted by Gasteiger charge is 2.22. The first-order valence-electron chi connectivity index (χ1n) is 9.75. The van der Waals surface area contributed by atoms with E-state index in [9.17, 15) is 9.59 Å². The first-order valence-corrected chi connectivity index (χ1v) is 9.75. The molecule has 0 unspecified atom stereocenters. The van der Waals surface area contributed by atoms with E-state index in [4.69, 9.17) is 0 Å². The van der Waals surface area contributed by atoms with E-state index in [1.807, 2.05) is 67.1 Å². The Morgan fingerprint density at radius 2 is 1.86 bits per heavy atom. The Morgan fingerprint density at radius 1 is 1.10 bits per heavy atom. The number of carbonyl (C=O) groups excluding carboxylic acids is 2. The molecule has 0 fully saturated rings. The summed E-state index contributed by atoms with van der Waals surface area (Å²) < 4.78 is 1.88. The number of rotatable bonds is 4. The Labute approximate surface area is 170 Å². The average molecular weight is 388 g/mol. The van der Waals surface area contributed by atoms with Crippen molar-refractivity contribution in [3.8, 4) is 5.69 Å². The van der Waals surface area contributed by atoms with Crippen LogP contribution in [0.4, 0.5) is 11.4 Å². The number of benzene rings is 2. The molecule has 0 aliphatic carbocycles. The lowest BCUT2D eigenvalue weighted by atomic mass is 10.1. The van der Waals surface area contributed by atoms with E-state index in [0.29, 0.717) is 6.54 Å². The van der Waals surface area contributed by atoms with Gasteiger partial charge in [0.05, 0.1) is 17.8 Å². The standard InChI is InChI=1S/C23H24N4O2/c1-15-21(16(2)27(25-15)20-7-5-4-6-8-20)14-23(29)24-19-9-10-22-18(13-19)11-12-26(22)17(3)28/h4-10,13H,11-12,14H2,1-3H3,(H,24,29). The van der Waals surface area contributed by atoms with Crippen LogP contribution in [0.3, 0.4) is 0 Å². The van der Waals surface area contributed by atoms with E-state index in [1.165, 1.54) is 0 Å². The number of aryl methyl sites for hydroxylation is 1. The normalized spacial score (nSPS) is 12.7. The number of carbonyl (C=O) groups is 2. The molecule has 0 saturated heterocycles. The van der Waals surface area contributed by atoms with Crippen molar-refractivity contribution in [1.29, 1.82) is 0 Å². The molecule has 0 radical (unpaired) electrons. The molecule has 1 N–H and O–H groups in total. The summed E-state index contributed by atoms with van der Waals surface area (Å²) in [6, 6.07) is 15.6. The second-order valence-electron chi connectivity index (χ2n) is 7.39.